The van der Waals surface area contributed by atoms with Crippen molar-refractivity contribution >= 4 is 0 Å². The lowest BCUT2D eigenvalue weighted by Gasteiger charge is -2.26. The molecule has 1 aliphatic rings. The predicted octanol–water partition coefficient (Wildman–Crippen LogP) is 1.98. The van der Waals surface area contributed by atoms with Crippen molar-refractivity contribution in [2.24, 2.45) is 5.92 Å². The fourth-order valence-corrected chi connectivity index (χ4v) is 2.49. The Labute approximate surface area is 115 Å². The van der Waals surface area contributed by atoms with Crippen molar-refractivity contribution in [3.8, 4) is 0 Å². The van der Waals surface area contributed by atoms with Gasteiger partial charge in [-0.05, 0) is 38.1 Å². The van der Waals surface area contributed by atoms with Gasteiger partial charge in [0.2, 0.25) is 0 Å². The van der Waals surface area contributed by atoms with Crippen LogP contribution >= 0.6 is 0 Å². The van der Waals surface area contributed by atoms with Crippen molar-refractivity contribution in [1.29, 1.82) is 0 Å². The minimum absolute atomic E-state index is 0.459. The highest BCUT2D eigenvalue weighted by atomic mass is 16.5. The van der Waals surface area contributed by atoms with Crippen molar-refractivity contribution < 1.29 is 4.74 Å². The number of rotatable bonds is 7. The SMILES string of the molecule is CCNCc1cn(CCOC2CCC(C)CC2)nn1. The van der Waals surface area contributed by atoms with Gasteiger partial charge in [-0.1, -0.05) is 19.1 Å². The molecule has 1 aromatic rings. The van der Waals surface area contributed by atoms with E-state index in [1.54, 1.807) is 0 Å². The second-order valence-corrected chi connectivity index (χ2v) is 5.51. The van der Waals surface area contributed by atoms with Crippen molar-refractivity contribution in [3.05, 3.63) is 11.9 Å². The first-order chi connectivity index (χ1) is 9.28. The van der Waals surface area contributed by atoms with Gasteiger partial charge in [-0.15, -0.1) is 5.10 Å². The minimum Gasteiger partial charge on any atom is -0.376 e. The molecular weight excluding hydrogens is 240 g/mol. The first-order valence-electron chi connectivity index (χ1n) is 7.49. The summed E-state index contributed by atoms with van der Waals surface area (Å²) in [6.45, 7) is 7.70. The largest absolute Gasteiger partial charge is 0.376 e. The minimum atomic E-state index is 0.459. The van der Waals surface area contributed by atoms with Gasteiger partial charge in [0.25, 0.3) is 0 Å². The highest BCUT2D eigenvalue weighted by Crippen LogP contribution is 2.25. The Morgan fingerprint density at radius 1 is 1.37 bits per heavy atom. The van der Waals surface area contributed by atoms with Gasteiger partial charge in [0.05, 0.1) is 24.9 Å². The van der Waals surface area contributed by atoms with E-state index in [1.165, 1.54) is 25.7 Å². The van der Waals surface area contributed by atoms with E-state index in [0.717, 1.165) is 37.9 Å². The van der Waals surface area contributed by atoms with Gasteiger partial charge in [0.15, 0.2) is 0 Å². The average molecular weight is 266 g/mol. The van der Waals surface area contributed by atoms with E-state index < -0.39 is 0 Å². The molecule has 1 aromatic heterocycles. The lowest BCUT2D eigenvalue weighted by atomic mass is 9.89. The first kappa shape index (κ1) is 14.5. The van der Waals surface area contributed by atoms with Gasteiger partial charge < -0.3 is 10.1 Å². The summed E-state index contributed by atoms with van der Waals surface area (Å²) in [5, 5.41) is 11.5. The van der Waals surface area contributed by atoms with E-state index in [2.05, 4.69) is 29.5 Å². The number of hydrogen-bond donors (Lipinski definition) is 1. The molecule has 5 nitrogen and oxygen atoms in total. The molecule has 19 heavy (non-hydrogen) atoms. The van der Waals surface area contributed by atoms with Crippen LogP contribution in [0.3, 0.4) is 0 Å². The fraction of sp³-hybridized carbons (Fsp3) is 0.857. The lowest BCUT2D eigenvalue weighted by Crippen LogP contribution is -2.22. The Morgan fingerprint density at radius 3 is 2.89 bits per heavy atom. The van der Waals surface area contributed by atoms with Crippen LogP contribution in [0.15, 0.2) is 6.20 Å². The molecule has 0 unspecified atom stereocenters. The molecule has 1 N–H and O–H groups in total. The molecule has 1 aliphatic carbocycles. The maximum atomic E-state index is 5.92. The van der Waals surface area contributed by atoms with Crippen LogP contribution in [0.4, 0.5) is 0 Å². The van der Waals surface area contributed by atoms with E-state index in [9.17, 15) is 0 Å². The van der Waals surface area contributed by atoms with E-state index in [-0.39, 0.29) is 0 Å². The quantitative estimate of drug-likeness (QED) is 0.820. The topological polar surface area (TPSA) is 52.0 Å². The summed E-state index contributed by atoms with van der Waals surface area (Å²) in [7, 11) is 0. The Bertz CT molecular complexity index is 358. The van der Waals surface area contributed by atoms with E-state index in [0.29, 0.717) is 6.10 Å². The molecule has 0 saturated heterocycles. The summed E-state index contributed by atoms with van der Waals surface area (Å²) in [6.07, 6.45) is 7.49. The van der Waals surface area contributed by atoms with Crippen LogP contribution in [0, 0.1) is 5.92 Å². The monoisotopic (exact) mass is 266 g/mol. The maximum absolute atomic E-state index is 5.92. The highest BCUT2D eigenvalue weighted by molar-refractivity contribution is 4.91. The predicted molar refractivity (Wildman–Crippen MR) is 74.8 cm³/mol. The van der Waals surface area contributed by atoms with Crippen LogP contribution in [0.25, 0.3) is 0 Å². The second-order valence-electron chi connectivity index (χ2n) is 5.51. The highest BCUT2D eigenvalue weighted by Gasteiger charge is 2.18. The third-order valence-electron chi connectivity index (χ3n) is 3.78. The van der Waals surface area contributed by atoms with Crippen LogP contribution < -0.4 is 5.32 Å². The Morgan fingerprint density at radius 2 is 2.16 bits per heavy atom. The third-order valence-corrected chi connectivity index (χ3v) is 3.78. The molecule has 2 rings (SSSR count). The number of ether oxygens (including phenoxy) is 1. The van der Waals surface area contributed by atoms with Gasteiger partial charge in [-0.25, -0.2) is 4.68 Å². The molecular formula is C14H26N4O. The second kappa shape index (κ2) is 7.60. The number of nitrogens with zero attached hydrogens (tertiary/aromatic N) is 3. The van der Waals surface area contributed by atoms with Crippen molar-refractivity contribution in [2.75, 3.05) is 13.2 Å². The lowest BCUT2D eigenvalue weighted by molar-refractivity contribution is 0.0145. The molecule has 1 fully saturated rings. The normalized spacial score (nSPS) is 23.7. The molecule has 0 radical (unpaired) electrons. The van der Waals surface area contributed by atoms with Gasteiger partial charge >= 0.3 is 0 Å². The molecule has 108 valence electrons. The summed E-state index contributed by atoms with van der Waals surface area (Å²) in [4.78, 5) is 0. The van der Waals surface area contributed by atoms with Crippen molar-refractivity contribution in [2.45, 2.75) is 58.7 Å². The summed E-state index contributed by atoms with van der Waals surface area (Å²) in [5.74, 6) is 0.879. The standard InChI is InChI=1S/C14H26N4O/c1-3-15-10-13-11-18(17-16-13)8-9-19-14-6-4-12(2)5-7-14/h11-12,14-15H,3-10H2,1-2H3. The average Bonchev–Trinajstić information content (AvgIpc) is 2.87. The smallest absolute Gasteiger partial charge is 0.0964 e. The first-order valence-corrected chi connectivity index (χ1v) is 7.49. The Hall–Kier alpha value is -0.940. The van der Waals surface area contributed by atoms with E-state index in [1.807, 2.05) is 10.9 Å². The third kappa shape index (κ3) is 4.91. The summed E-state index contributed by atoms with van der Waals surface area (Å²) in [5.41, 5.74) is 0.994. The van der Waals surface area contributed by atoms with Crippen molar-refractivity contribution in [1.82, 2.24) is 20.3 Å². The Balaban J connectivity index is 1.63. The summed E-state index contributed by atoms with van der Waals surface area (Å²) >= 11 is 0. The van der Waals surface area contributed by atoms with Crippen LogP contribution in [-0.4, -0.2) is 34.2 Å². The molecule has 1 heterocycles. The van der Waals surface area contributed by atoms with Crippen LogP contribution in [0.1, 0.15) is 45.2 Å². The van der Waals surface area contributed by atoms with E-state index in [4.69, 9.17) is 4.74 Å². The van der Waals surface area contributed by atoms with Crippen molar-refractivity contribution in [3.63, 3.8) is 0 Å². The maximum Gasteiger partial charge on any atom is 0.0964 e. The number of nitrogens with one attached hydrogen (secondary N) is 1. The van der Waals surface area contributed by atoms with E-state index >= 15 is 0 Å². The molecule has 5 heteroatoms. The zero-order valence-corrected chi connectivity index (χ0v) is 12.1. The fourth-order valence-electron chi connectivity index (χ4n) is 2.49. The molecule has 0 atom stereocenters. The number of hydrogen-bond acceptors (Lipinski definition) is 4. The Kier molecular flexibility index (Phi) is 5.79. The molecule has 0 aliphatic heterocycles. The molecule has 0 bridgehead atoms. The zero-order chi connectivity index (χ0) is 13.5. The van der Waals surface area contributed by atoms with Gasteiger partial charge in [-0.2, -0.15) is 0 Å². The van der Waals surface area contributed by atoms with Gasteiger partial charge in [-0.3, -0.25) is 0 Å². The molecule has 0 spiro atoms. The summed E-state index contributed by atoms with van der Waals surface area (Å²) in [6, 6.07) is 0. The van der Waals surface area contributed by atoms with Crippen LogP contribution in [0.2, 0.25) is 0 Å². The van der Waals surface area contributed by atoms with Gasteiger partial charge in [0, 0.05) is 12.7 Å². The molecule has 0 aromatic carbocycles. The molecule has 1 saturated carbocycles. The van der Waals surface area contributed by atoms with Crippen LogP contribution in [0.5, 0.6) is 0 Å². The van der Waals surface area contributed by atoms with Crippen LogP contribution in [-0.2, 0) is 17.8 Å². The number of aromatic nitrogens is 3. The molecule has 0 amide bonds. The summed E-state index contributed by atoms with van der Waals surface area (Å²) < 4.78 is 7.79. The zero-order valence-electron chi connectivity index (χ0n) is 12.1. The van der Waals surface area contributed by atoms with Gasteiger partial charge in [0.1, 0.15) is 0 Å².